The van der Waals surface area contributed by atoms with E-state index in [2.05, 4.69) is 29.2 Å². The van der Waals surface area contributed by atoms with Gasteiger partial charge in [-0.25, -0.2) is 4.39 Å². The summed E-state index contributed by atoms with van der Waals surface area (Å²) in [6.45, 7) is 0.872. The summed E-state index contributed by atoms with van der Waals surface area (Å²) in [5.74, 6) is 0.551. The second kappa shape index (κ2) is 6.62. The Labute approximate surface area is 148 Å². The van der Waals surface area contributed by atoms with Crippen LogP contribution in [0, 0.1) is 11.7 Å². The number of likely N-dealkylation sites (tertiary alicyclic amines) is 1. The number of rotatable bonds is 4. The first-order valence-corrected chi connectivity index (χ1v) is 9.30. The highest BCUT2D eigenvalue weighted by molar-refractivity contribution is 5.79. The summed E-state index contributed by atoms with van der Waals surface area (Å²) in [6, 6.07) is 17.1. The molecule has 0 aromatic heterocycles. The lowest BCUT2D eigenvalue weighted by atomic mass is 9.61. The highest BCUT2D eigenvalue weighted by atomic mass is 19.1. The number of carbonyl (C=O) groups is 1. The van der Waals surface area contributed by atoms with Crippen molar-refractivity contribution in [2.75, 3.05) is 6.54 Å². The van der Waals surface area contributed by atoms with Crippen molar-refractivity contribution in [1.82, 2.24) is 4.90 Å². The zero-order valence-electron chi connectivity index (χ0n) is 14.5. The van der Waals surface area contributed by atoms with E-state index in [1.165, 1.54) is 37.0 Å². The summed E-state index contributed by atoms with van der Waals surface area (Å²) < 4.78 is 13.3. The maximum absolute atomic E-state index is 13.3. The van der Waals surface area contributed by atoms with Gasteiger partial charge in [-0.2, -0.15) is 0 Å². The molecule has 2 nitrogen and oxygen atoms in total. The number of aryl methyl sites for hydroxylation is 1. The van der Waals surface area contributed by atoms with Crippen LogP contribution in [0.15, 0.2) is 54.6 Å². The summed E-state index contributed by atoms with van der Waals surface area (Å²) in [7, 11) is 0. The van der Waals surface area contributed by atoms with Crippen LogP contribution in [0.4, 0.5) is 4.39 Å². The molecule has 130 valence electrons. The van der Waals surface area contributed by atoms with E-state index < -0.39 is 0 Å². The van der Waals surface area contributed by atoms with E-state index in [9.17, 15) is 9.18 Å². The van der Waals surface area contributed by atoms with E-state index >= 15 is 0 Å². The summed E-state index contributed by atoms with van der Waals surface area (Å²) in [6.07, 6.45) is 5.77. The summed E-state index contributed by atoms with van der Waals surface area (Å²) >= 11 is 0. The first kappa shape index (κ1) is 16.3. The molecule has 2 aromatic rings. The molecule has 0 spiro atoms. The molecule has 2 aliphatic rings. The van der Waals surface area contributed by atoms with Crippen LogP contribution in [0.25, 0.3) is 0 Å². The van der Waals surface area contributed by atoms with Gasteiger partial charge in [-0.1, -0.05) is 55.3 Å². The molecule has 1 aliphatic heterocycles. The molecule has 0 N–H and O–H groups in total. The highest BCUT2D eigenvalue weighted by Gasteiger charge is 2.56. The van der Waals surface area contributed by atoms with Gasteiger partial charge in [0.25, 0.3) is 0 Å². The van der Waals surface area contributed by atoms with E-state index in [1.807, 2.05) is 12.1 Å². The van der Waals surface area contributed by atoms with Crippen molar-refractivity contribution >= 4 is 5.91 Å². The smallest absolute Gasteiger partial charge is 0.223 e. The first-order chi connectivity index (χ1) is 12.2. The minimum Gasteiger partial charge on any atom is -0.332 e. The zero-order chi connectivity index (χ0) is 17.3. The molecule has 1 amide bonds. The van der Waals surface area contributed by atoms with Crippen molar-refractivity contribution in [2.45, 2.75) is 44.1 Å². The van der Waals surface area contributed by atoms with Crippen molar-refractivity contribution in [3.05, 3.63) is 71.5 Å². The van der Waals surface area contributed by atoms with Crippen molar-refractivity contribution in [3.63, 3.8) is 0 Å². The SMILES string of the molecule is O=C(CCc1cccc(F)c1)N1C[C@H]2CCCC[C@@]21c1ccccc1. The van der Waals surface area contributed by atoms with Gasteiger partial charge in [-0.05, 0) is 42.5 Å². The number of nitrogens with zero attached hydrogens (tertiary/aromatic N) is 1. The molecule has 0 bridgehead atoms. The van der Waals surface area contributed by atoms with Gasteiger partial charge < -0.3 is 4.90 Å². The van der Waals surface area contributed by atoms with Gasteiger partial charge in [0.05, 0.1) is 5.54 Å². The Morgan fingerprint density at radius 1 is 1.12 bits per heavy atom. The number of amides is 1. The molecule has 0 unspecified atom stereocenters. The molecule has 4 rings (SSSR count). The predicted octanol–water partition coefficient (Wildman–Crippen LogP) is 4.69. The standard InChI is InChI=1S/C22H24FNO/c23-20-11-6-7-17(15-20)12-13-21(25)24-16-19-10-4-5-14-22(19,24)18-8-2-1-3-9-18/h1-3,6-9,11,15,19H,4-5,10,12-14,16H2/t19-,22-/m1/s1. The van der Waals surface area contributed by atoms with Gasteiger partial charge in [0.15, 0.2) is 0 Å². The topological polar surface area (TPSA) is 20.3 Å². The Balaban J connectivity index is 1.52. The minimum absolute atomic E-state index is 0.0987. The van der Waals surface area contributed by atoms with Crippen LogP contribution in [-0.2, 0) is 16.8 Å². The fourth-order valence-corrected chi connectivity index (χ4v) is 4.76. The number of fused-ring (bicyclic) bond motifs is 1. The third kappa shape index (κ3) is 2.86. The molecule has 2 aromatic carbocycles. The third-order valence-corrected chi connectivity index (χ3v) is 6.01. The largest absolute Gasteiger partial charge is 0.332 e. The molecule has 1 saturated heterocycles. The Morgan fingerprint density at radius 3 is 2.72 bits per heavy atom. The van der Waals surface area contributed by atoms with Crippen LogP contribution in [0.5, 0.6) is 0 Å². The normalized spacial score (nSPS) is 25.2. The maximum atomic E-state index is 13.3. The quantitative estimate of drug-likeness (QED) is 0.793. The minimum atomic E-state index is -0.234. The number of carbonyl (C=O) groups excluding carboxylic acids is 1. The van der Waals surface area contributed by atoms with Crippen molar-refractivity contribution < 1.29 is 9.18 Å². The predicted molar refractivity (Wildman–Crippen MR) is 96.5 cm³/mol. The summed E-state index contributed by atoms with van der Waals surface area (Å²) in [5, 5.41) is 0. The molecule has 0 radical (unpaired) electrons. The lowest BCUT2D eigenvalue weighted by Gasteiger charge is -2.61. The third-order valence-electron chi connectivity index (χ3n) is 6.01. The van der Waals surface area contributed by atoms with Gasteiger partial charge in [-0.15, -0.1) is 0 Å². The second-order valence-electron chi connectivity index (χ2n) is 7.37. The maximum Gasteiger partial charge on any atom is 0.223 e. The fourth-order valence-electron chi connectivity index (χ4n) is 4.76. The average molecular weight is 337 g/mol. The monoisotopic (exact) mass is 337 g/mol. The molecule has 2 fully saturated rings. The molecule has 1 aliphatic carbocycles. The van der Waals surface area contributed by atoms with Crippen LogP contribution in [0.3, 0.4) is 0 Å². The molecular weight excluding hydrogens is 313 g/mol. The Hall–Kier alpha value is -2.16. The van der Waals surface area contributed by atoms with Gasteiger partial charge in [-0.3, -0.25) is 4.79 Å². The van der Waals surface area contributed by atoms with E-state index in [4.69, 9.17) is 0 Å². The number of halogens is 1. The lowest BCUT2D eigenvalue weighted by Crippen LogP contribution is -2.67. The van der Waals surface area contributed by atoms with Crippen LogP contribution in [-0.4, -0.2) is 17.4 Å². The van der Waals surface area contributed by atoms with E-state index in [1.54, 1.807) is 6.07 Å². The Kier molecular flexibility index (Phi) is 4.32. The van der Waals surface area contributed by atoms with Crippen LogP contribution < -0.4 is 0 Å². The van der Waals surface area contributed by atoms with Gasteiger partial charge in [0, 0.05) is 18.9 Å². The Bertz CT molecular complexity index is 760. The van der Waals surface area contributed by atoms with Gasteiger partial charge in [0.1, 0.15) is 5.82 Å². The van der Waals surface area contributed by atoms with Crippen molar-refractivity contribution in [2.24, 2.45) is 5.92 Å². The molecule has 3 heteroatoms. The van der Waals surface area contributed by atoms with Crippen LogP contribution in [0.2, 0.25) is 0 Å². The molecule has 2 atom stereocenters. The summed E-state index contributed by atoms with van der Waals surface area (Å²) in [5.41, 5.74) is 2.08. The highest BCUT2D eigenvalue weighted by Crippen LogP contribution is 2.53. The van der Waals surface area contributed by atoms with Gasteiger partial charge in [0.2, 0.25) is 5.91 Å². The van der Waals surface area contributed by atoms with Crippen LogP contribution >= 0.6 is 0 Å². The Morgan fingerprint density at radius 2 is 1.96 bits per heavy atom. The molecule has 1 saturated carbocycles. The van der Waals surface area contributed by atoms with Crippen molar-refractivity contribution in [1.29, 1.82) is 0 Å². The van der Waals surface area contributed by atoms with Crippen LogP contribution in [0.1, 0.15) is 43.2 Å². The van der Waals surface area contributed by atoms with Gasteiger partial charge >= 0.3 is 0 Å². The first-order valence-electron chi connectivity index (χ1n) is 9.30. The summed E-state index contributed by atoms with van der Waals surface area (Å²) in [4.78, 5) is 15.1. The second-order valence-corrected chi connectivity index (χ2v) is 7.37. The molecular formula is C22H24FNO. The molecule has 1 heterocycles. The molecule has 25 heavy (non-hydrogen) atoms. The number of hydrogen-bond acceptors (Lipinski definition) is 1. The number of benzene rings is 2. The van der Waals surface area contributed by atoms with Crippen molar-refractivity contribution in [3.8, 4) is 0 Å². The van der Waals surface area contributed by atoms with E-state index in [-0.39, 0.29) is 17.3 Å². The zero-order valence-corrected chi connectivity index (χ0v) is 14.5. The fraction of sp³-hybridized carbons (Fsp3) is 0.409. The average Bonchev–Trinajstić information content (AvgIpc) is 2.62. The van der Waals surface area contributed by atoms with E-state index in [0.29, 0.717) is 18.8 Å². The number of hydrogen-bond donors (Lipinski definition) is 0. The van der Waals surface area contributed by atoms with E-state index in [0.717, 1.165) is 18.5 Å². The lowest BCUT2D eigenvalue weighted by molar-refractivity contribution is -0.166.